The number of carbonyl (C=O) groups excluding carboxylic acids is 1. The quantitative estimate of drug-likeness (QED) is 0.580. The second-order valence-corrected chi connectivity index (χ2v) is 6.22. The van der Waals surface area contributed by atoms with Crippen molar-refractivity contribution in [2.24, 2.45) is 0 Å². The summed E-state index contributed by atoms with van der Waals surface area (Å²) in [5.74, 6) is -0.386. The van der Waals surface area contributed by atoms with Gasteiger partial charge in [-0.2, -0.15) is 0 Å². The van der Waals surface area contributed by atoms with Crippen molar-refractivity contribution in [3.05, 3.63) is 100 Å². The molecule has 0 atom stereocenters. The number of pyridine rings is 2. The molecule has 0 bridgehead atoms. The molecule has 0 unspecified atom stereocenters. The van der Waals surface area contributed by atoms with Gasteiger partial charge in [0.2, 0.25) is 0 Å². The Hall–Kier alpha value is -3.74. The number of hydrogen-bond donors (Lipinski definition) is 1. The van der Waals surface area contributed by atoms with E-state index in [1.54, 1.807) is 48.7 Å². The molecule has 7 heteroatoms. The van der Waals surface area contributed by atoms with Crippen LogP contribution in [0.1, 0.15) is 21.7 Å². The van der Waals surface area contributed by atoms with Crippen LogP contribution in [0.4, 0.5) is 4.39 Å². The molecule has 0 aliphatic heterocycles. The zero-order valence-electron chi connectivity index (χ0n) is 14.8. The van der Waals surface area contributed by atoms with Gasteiger partial charge in [-0.3, -0.25) is 14.2 Å². The third-order valence-electron chi connectivity index (χ3n) is 4.38. The summed E-state index contributed by atoms with van der Waals surface area (Å²) >= 11 is 0. The second kappa shape index (κ2) is 7.48. The highest BCUT2D eigenvalue weighted by atomic mass is 19.1. The van der Waals surface area contributed by atoms with Crippen LogP contribution in [0.15, 0.2) is 76.3 Å². The number of rotatable bonds is 5. The fourth-order valence-corrected chi connectivity index (χ4v) is 2.99. The normalized spacial score (nSPS) is 10.9. The first-order chi connectivity index (χ1) is 13.6. The van der Waals surface area contributed by atoms with Crippen molar-refractivity contribution < 1.29 is 13.6 Å². The first-order valence-electron chi connectivity index (χ1n) is 8.66. The van der Waals surface area contributed by atoms with Crippen molar-refractivity contribution in [3.63, 3.8) is 0 Å². The maximum atomic E-state index is 14.1. The summed E-state index contributed by atoms with van der Waals surface area (Å²) in [7, 11) is 0. The lowest BCUT2D eigenvalue weighted by Crippen LogP contribution is -2.33. The molecule has 28 heavy (non-hydrogen) atoms. The predicted molar refractivity (Wildman–Crippen MR) is 101 cm³/mol. The van der Waals surface area contributed by atoms with Gasteiger partial charge >= 0.3 is 0 Å². The lowest BCUT2D eigenvalue weighted by molar-refractivity contribution is 0.0946. The predicted octanol–water partition coefficient (Wildman–Crippen LogP) is 3.11. The topological polar surface area (TPSA) is 77.1 Å². The van der Waals surface area contributed by atoms with E-state index in [0.29, 0.717) is 22.4 Å². The van der Waals surface area contributed by atoms with E-state index >= 15 is 0 Å². The average molecular weight is 377 g/mol. The van der Waals surface area contributed by atoms with Crippen LogP contribution in [0.5, 0.6) is 0 Å². The molecule has 1 amide bonds. The fourth-order valence-electron chi connectivity index (χ4n) is 2.99. The Kier molecular flexibility index (Phi) is 4.72. The number of aromatic nitrogens is 2. The van der Waals surface area contributed by atoms with E-state index < -0.39 is 17.3 Å². The Bertz CT molecular complexity index is 1200. The first kappa shape index (κ1) is 17.7. The van der Waals surface area contributed by atoms with E-state index in [4.69, 9.17) is 4.42 Å². The van der Waals surface area contributed by atoms with Gasteiger partial charge in [-0.15, -0.1) is 0 Å². The van der Waals surface area contributed by atoms with Crippen molar-refractivity contribution in [1.29, 1.82) is 0 Å². The van der Waals surface area contributed by atoms with Crippen molar-refractivity contribution in [1.82, 2.24) is 14.9 Å². The summed E-state index contributed by atoms with van der Waals surface area (Å²) in [4.78, 5) is 29.9. The van der Waals surface area contributed by atoms with Crippen molar-refractivity contribution >= 4 is 16.9 Å². The largest absolute Gasteiger partial charge is 0.467 e. The van der Waals surface area contributed by atoms with Gasteiger partial charge < -0.3 is 9.73 Å². The van der Waals surface area contributed by atoms with Crippen molar-refractivity contribution in [2.45, 2.75) is 13.1 Å². The second-order valence-electron chi connectivity index (χ2n) is 6.22. The van der Waals surface area contributed by atoms with Crippen LogP contribution in [-0.4, -0.2) is 15.5 Å². The minimum Gasteiger partial charge on any atom is -0.467 e. The Morgan fingerprint density at radius 1 is 1.14 bits per heavy atom. The molecule has 0 fully saturated rings. The molecule has 1 aromatic carbocycles. The standard InChI is InChI=1S/C21H16FN3O3/c22-18-8-2-1-5-15(18)13-25-19-14(6-3-9-23-19)11-17(21(25)27)20(26)24-12-16-7-4-10-28-16/h1-11H,12-13H2,(H,24,26). The summed E-state index contributed by atoms with van der Waals surface area (Å²) in [6.45, 7) is 0.127. The number of benzene rings is 1. The van der Waals surface area contributed by atoms with Gasteiger partial charge in [-0.05, 0) is 36.4 Å². The third kappa shape index (κ3) is 3.42. The molecule has 0 spiro atoms. The number of nitrogens with one attached hydrogen (secondary N) is 1. The Balaban J connectivity index is 1.75. The Morgan fingerprint density at radius 2 is 2.00 bits per heavy atom. The summed E-state index contributed by atoms with van der Waals surface area (Å²) in [5.41, 5.74) is 0.151. The molecular formula is C21H16FN3O3. The highest BCUT2D eigenvalue weighted by Crippen LogP contribution is 2.14. The molecule has 0 saturated carbocycles. The molecule has 6 nitrogen and oxygen atoms in total. The lowest BCUT2D eigenvalue weighted by Gasteiger charge is -2.12. The molecular weight excluding hydrogens is 361 g/mol. The molecule has 1 N–H and O–H groups in total. The summed E-state index contributed by atoms with van der Waals surface area (Å²) < 4.78 is 20.6. The molecule has 3 heterocycles. The smallest absolute Gasteiger partial charge is 0.265 e. The highest BCUT2D eigenvalue weighted by Gasteiger charge is 2.17. The van der Waals surface area contributed by atoms with Crippen LogP contribution < -0.4 is 10.9 Å². The van der Waals surface area contributed by atoms with E-state index in [9.17, 15) is 14.0 Å². The molecule has 0 aliphatic rings. The number of nitrogens with zero attached hydrogens (tertiary/aromatic N) is 2. The number of halogens is 1. The number of hydrogen-bond acceptors (Lipinski definition) is 4. The molecule has 4 rings (SSSR count). The van der Waals surface area contributed by atoms with Gasteiger partial charge in [-0.25, -0.2) is 9.37 Å². The minimum atomic E-state index is -0.536. The van der Waals surface area contributed by atoms with Gasteiger partial charge in [0, 0.05) is 17.1 Å². The van der Waals surface area contributed by atoms with Gasteiger partial charge in [0.25, 0.3) is 11.5 Å². The van der Waals surface area contributed by atoms with Crippen LogP contribution in [0.25, 0.3) is 11.0 Å². The first-order valence-corrected chi connectivity index (χ1v) is 8.66. The Morgan fingerprint density at radius 3 is 2.79 bits per heavy atom. The van der Waals surface area contributed by atoms with Crippen LogP contribution >= 0.6 is 0 Å². The molecule has 3 aromatic heterocycles. The monoisotopic (exact) mass is 377 g/mol. The third-order valence-corrected chi connectivity index (χ3v) is 4.38. The van der Waals surface area contributed by atoms with Crippen molar-refractivity contribution in [2.75, 3.05) is 0 Å². The summed E-state index contributed by atoms with van der Waals surface area (Å²) in [6.07, 6.45) is 3.06. The van der Waals surface area contributed by atoms with Gasteiger partial charge in [0.1, 0.15) is 22.8 Å². The maximum absolute atomic E-state index is 14.1. The maximum Gasteiger partial charge on any atom is 0.265 e. The van der Waals surface area contributed by atoms with Crippen LogP contribution in [-0.2, 0) is 13.1 Å². The SMILES string of the molecule is O=C(NCc1ccco1)c1cc2cccnc2n(Cc2ccccc2F)c1=O. The molecule has 140 valence electrons. The van der Waals surface area contributed by atoms with E-state index in [1.807, 2.05) is 0 Å². The van der Waals surface area contributed by atoms with Crippen LogP contribution in [0, 0.1) is 5.82 Å². The Labute approximate surface area is 159 Å². The lowest BCUT2D eigenvalue weighted by atomic mass is 10.1. The zero-order chi connectivity index (χ0) is 19.5. The van der Waals surface area contributed by atoms with Crippen LogP contribution in [0.3, 0.4) is 0 Å². The fraction of sp³-hybridized carbons (Fsp3) is 0.0952. The van der Waals surface area contributed by atoms with E-state index in [1.165, 1.54) is 23.0 Å². The number of fused-ring (bicyclic) bond motifs is 1. The summed E-state index contributed by atoms with van der Waals surface area (Å²) in [6, 6.07) is 14.6. The van der Waals surface area contributed by atoms with Gasteiger partial charge in [-0.1, -0.05) is 18.2 Å². The van der Waals surface area contributed by atoms with Gasteiger partial charge in [0.05, 0.1) is 19.4 Å². The average Bonchev–Trinajstić information content (AvgIpc) is 3.23. The van der Waals surface area contributed by atoms with E-state index in [0.717, 1.165) is 0 Å². The van der Waals surface area contributed by atoms with E-state index in [2.05, 4.69) is 10.3 Å². The molecule has 0 saturated heterocycles. The number of carbonyl (C=O) groups is 1. The molecule has 4 aromatic rings. The van der Waals surface area contributed by atoms with Crippen molar-refractivity contribution in [3.8, 4) is 0 Å². The number of amides is 1. The zero-order valence-corrected chi connectivity index (χ0v) is 14.8. The molecule has 0 radical (unpaired) electrons. The number of furan rings is 1. The van der Waals surface area contributed by atoms with Crippen LogP contribution in [0.2, 0.25) is 0 Å². The summed E-state index contributed by atoms with van der Waals surface area (Å²) in [5, 5.41) is 3.28. The van der Waals surface area contributed by atoms with Gasteiger partial charge in [0.15, 0.2) is 0 Å². The van der Waals surface area contributed by atoms with E-state index in [-0.39, 0.29) is 18.7 Å². The minimum absolute atomic E-state index is 0.0294. The molecule has 0 aliphatic carbocycles. The highest BCUT2D eigenvalue weighted by molar-refractivity contribution is 5.96.